The minimum Gasteiger partial charge on any atom is -0.480 e. The Morgan fingerprint density at radius 2 is 2.25 bits per heavy atom. The monoisotopic (exact) mass is 340 g/mol. The average molecular weight is 341 g/mol. The van der Waals surface area contributed by atoms with Gasteiger partial charge in [0.05, 0.1) is 4.92 Å². The van der Waals surface area contributed by atoms with Crippen LogP contribution < -0.4 is 0 Å². The van der Waals surface area contributed by atoms with Gasteiger partial charge in [-0.3, -0.25) is 20.0 Å². The number of rotatable bonds is 4. The summed E-state index contributed by atoms with van der Waals surface area (Å²) in [5.41, 5.74) is 0.927. The van der Waals surface area contributed by atoms with Crippen LogP contribution in [0.5, 0.6) is 0 Å². The van der Waals surface area contributed by atoms with Crippen molar-refractivity contribution >= 4 is 27.6 Å². The number of aromatic nitrogens is 3. The van der Waals surface area contributed by atoms with Gasteiger partial charge in [-0.05, 0) is 6.92 Å². The lowest BCUT2D eigenvalue weighted by Gasteiger charge is -1.99. The third-order valence-corrected chi connectivity index (χ3v) is 3.45. The van der Waals surface area contributed by atoms with E-state index in [1.807, 2.05) is 0 Å². The second kappa shape index (κ2) is 5.37. The molecule has 2 rings (SSSR count). The molecule has 0 aliphatic heterocycles. The van der Waals surface area contributed by atoms with Crippen molar-refractivity contribution < 1.29 is 14.8 Å². The predicted molar refractivity (Wildman–Crippen MR) is 72.5 cm³/mol. The van der Waals surface area contributed by atoms with Gasteiger partial charge in [0, 0.05) is 17.2 Å². The fraction of sp³-hybridized carbons (Fsp3) is 0.182. The first-order valence-corrected chi connectivity index (χ1v) is 6.36. The second-order valence-corrected chi connectivity index (χ2v) is 4.92. The fourth-order valence-corrected chi connectivity index (χ4v) is 1.78. The minimum absolute atomic E-state index is 0.0394. The number of aliphatic carboxylic acids is 1. The first-order valence-electron chi connectivity index (χ1n) is 5.44. The highest BCUT2D eigenvalue weighted by atomic mass is 79.9. The maximum Gasteiger partial charge on any atom is 0.325 e. The average Bonchev–Trinajstić information content (AvgIpc) is 2.87. The summed E-state index contributed by atoms with van der Waals surface area (Å²) in [7, 11) is 0. The SMILES string of the molecule is Cc1ccc(-c2n[nH]c(C(Br)C(=O)O)n2)cc1[N+](=O)[O-]. The van der Waals surface area contributed by atoms with Crippen molar-refractivity contribution in [3.05, 3.63) is 39.7 Å². The largest absolute Gasteiger partial charge is 0.480 e. The second-order valence-electron chi connectivity index (χ2n) is 4.00. The number of nitro benzene ring substituents is 1. The van der Waals surface area contributed by atoms with Gasteiger partial charge < -0.3 is 5.11 Å². The predicted octanol–water partition coefficient (Wildman–Crippen LogP) is 2.21. The Morgan fingerprint density at radius 1 is 1.55 bits per heavy atom. The molecule has 1 aromatic carbocycles. The first kappa shape index (κ1) is 14.1. The summed E-state index contributed by atoms with van der Waals surface area (Å²) in [5.74, 6) is -0.785. The molecule has 0 aliphatic rings. The van der Waals surface area contributed by atoms with Gasteiger partial charge in [-0.2, -0.15) is 5.10 Å². The highest BCUT2D eigenvalue weighted by Gasteiger charge is 2.21. The lowest BCUT2D eigenvalue weighted by molar-refractivity contribution is -0.385. The number of nitro groups is 1. The van der Waals surface area contributed by atoms with Crippen LogP contribution >= 0.6 is 15.9 Å². The number of hydrogen-bond acceptors (Lipinski definition) is 5. The molecule has 0 radical (unpaired) electrons. The van der Waals surface area contributed by atoms with Crippen molar-refractivity contribution in [2.24, 2.45) is 0 Å². The van der Waals surface area contributed by atoms with E-state index in [2.05, 4.69) is 31.1 Å². The number of hydrogen-bond donors (Lipinski definition) is 2. The van der Waals surface area contributed by atoms with Crippen LogP contribution in [0.4, 0.5) is 5.69 Å². The van der Waals surface area contributed by atoms with Crippen LogP contribution in [-0.4, -0.2) is 31.2 Å². The van der Waals surface area contributed by atoms with Crippen molar-refractivity contribution in [1.29, 1.82) is 0 Å². The maximum atomic E-state index is 10.9. The Morgan fingerprint density at radius 3 is 2.85 bits per heavy atom. The van der Waals surface area contributed by atoms with Gasteiger partial charge >= 0.3 is 5.97 Å². The van der Waals surface area contributed by atoms with Crippen LogP contribution in [0.25, 0.3) is 11.4 Å². The number of nitrogens with one attached hydrogen (secondary N) is 1. The van der Waals surface area contributed by atoms with Crippen molar-refractivity contribution in [1.82, 2.24) is 15.2 Å². The minimum atomic E-state index is -1.11. The van der Waals surface area contributed by atoms with Crippen LogP contribution in [0.3, 0.4) is 0 Å². The molecule has 2 N–H and O–H groups in total. The van der Waals surface area contributed by atoms with Crippen molar-refractivity contribution in [2.75, 3.05) is 0 Å². The molecule has 20 heavy (non-hydrogen) atoms. The summed E-state index contributed by atoms with van der Waals surface area (Å²) in [5, 5.41) is 26.1. The van der Waals surface area contributed by atoms with E-state index in [0.29, 0.717) is 11.1 Å². The number of benzene rings is 1. The van der Waals surface area contributed by atoms with E-state index in [1.165, 1.54) is 6.07 Å². The molecule has 1 aromatic heterocycles. The zero-order valence-corrected chi connectivity index (χ0v) is 11.8. The maximum absolute atomic E-state index is 10.9. The van der Waals surface area contributed by atoms with Gasteiger partial charge in [0.2, 0.25) is 0 Å². The topological polar surface area (TPSA) is 122 Å². The van der Waals surface area contributed by atoms with E-state index in [-0.39, 0.29) is 17.3 Å². The molecule has 1 heterocycles. The lowest BCUT2D eigenvalue weighted by Crippen LogP contribution is -2.06. The third-order valence-electron chi connectivity index (χ3n) is 2.62. The molecule has 0 bridgehead atoms. The molecular weight excluding hydrogens is 332 g/mol. The first-order chi connectivity index (χ1) is 9.40. The number of aromatic amines is 1. The molecule has 9 heteroatoms. The Bertz CT molecular complexity index is 685. The van der Waals surface area contributed by atoms with E-state index < -0.39 is 15.7 Å². The lowest BCUT2D eigenvalue weighted by atomic mass is 10.1. The molecule has 0 saturated heterocycles. The van der Waals surface area contributed by atoms with E-state index >= 15 is 0 Å². The van der Waals surface area contributed by atoms with Crippen LogP contribution in [0.15, 0.2) is 18.2 Å². The van der Waals surface area contributed by atoms with Crippen LogP contribution in [0.1, 0.15) is 16.2 Å². The Labute approximate surface area is 121 Å². The zero-order chi connectivity index (χ0) is 14.9. The number of carboxylic acid groups (broad SMARTS) is 1. The van der Waals surface area contributed by atoms with E-state index in [9.17, 15) is 14.9 Å². The highest BCUT2D eigenvalue weighted by molar-refractivity contribution is 9.09. The van der Waals surface area contributed by atoms with Crippen LogP contribution in [-0.2, 0) is 4.79 Å². The van der Waals surface area contributed by atoms with E-state index in [1.54, 1.807) is 19.1 Å². The molecule has 104 valence electrons. The standard InChI is InChI=1S/C11H9BrN4O4/c1-5-2-3-6(4-7(5)16(19)20)9-13-10(15-14-9)8(12)11(17)18/h2-4,8H,1H3,(H,17,18)(H,13,14,15). The van der Waals surface area contributed by atoms with Crippen LogP contribution in [0.2, 0.25) is 0 Å². The van der Waals surface area contributed by atoms with Gasteiger partial charge in [0.25, 0.3) is 5.69 Å². The summed E-state index contributed by atoms with van der Waals surface area (Å²) in [6.07, 6.45) is 0. The summed E-state index contributed by atoms with van der Waals surface area (Å²) in [6, 6.07) is 4.58. The number of halogens is 1. The summed E-state index contributed by atoms with van der Waals surface area (Å²) in [6.45, 7) is 1.63. The number of carboxylic acids is 1. The summed E-state index contributed by atoms with van der Waals surface area (Å²) in [4.78, 5) is 24.2. The fourth-order valence-electron chi connectivity index (χ4n) is 1.58. The molecule has 2 aromatic rings. The van der Waals surface area contributed by atoms with Crippen molar-refractivity contribution in [3.63, 3.8) is 0 Å². The van der Waals surface area contributed by atoms with Gasteiger partial charge in [-0.15, -0.1) is 0 Å². The van der Waals surface area contributed by atoms with Crippen LogP contribution in [0, 0.1) is 17.0 Å². The normalized spacial score (nSPS) is 12.1. The zero-order valence-electron chi connectivity index (χ0n) is 10.2. The van der Waals surface area contributed by atoms with E-state index in [4.69, 9.17) is 5.11 Å². The van der Waals surface area contributed by atoms with Crippen molar-refractivity contribution in [2.45, 2.75) is 11.8 Å². The Kier molecular flexibility index (Phi) is 3.79. The molecular formula is C11H9BrN4O4. The van der Waals surface area contributed by atoms with Crippen molar-refractivity contribution in [3.8, 4) is 11.4 Å². The highest BCUT2D eigenvalue weighted by Crippen LogP contribution is 2.26. The summed E-state index contributed by atoms with van der Waals surface area (Å²) < 4.78 is 0. The molecule has 0 saturated carbocycles. The summed E-state index contributed by atoms with van der Waals surface area (Å²) >= 11 is 2.94. The van der Waals surface area contributed by atoms with Gasteiger partial charge in [0.15, 0.2) is 10.7 Å². The molecule has 8 nitrogen and oxygen atoms in total. The molecule has 1 unspecified atom stereocenters. The Hall–Kier alpha value is -2.29. The Balaban J connectivity index is 2.40. The van der Waals surface area contributed by atoms with E-state index in [0.717, 1.165) is 0 Å². The quantitative estimate of drug-likeness (QED) is 0.499. The number of alkyl halides is 1. The molecule has 0 aliphatic carbocycles. The molecule has 0 amide bonds. The van der Waals surface area contributed by atoms with Gasteiger partial charge in [-0.25, -0.2) is 4.98 Å². The smallest absolute Gasteiger partial charge is 0.325 e. The number of H-pyrrole nitrogens is 1. The van der Waals surface area contributed by atoms with Gasteiger partial charge in [-0.1, -0.05) is 28.1 Å². The third kappa shape index (κ3) is 2.67. The molecule has 0 fully saturated rings. The number of nitrogens with zero attached hydrogens (tertiary/aromatic N) is 3. The number of aryl methyl sites for hydroxylation is 1. The number of carbonyl (C=O) groups is 1. The van der Waals surface area contributed by atoms with Gasteiger partial charge in [0.1, 0.15) is 5.82 Å². The molecule has 0 spiro atoms. The molecule has 1 atom stereocenters.